The standard InChI is InChI=1S/C22H25Cl2N5O7/c1-12(31)8-14(11-30)25-21(34)17-4-3-6-28-18(32)5-7-27(22(35)29(17)28)26-20(33)13-9-15(23)19(36-2)16(24)10-13/h9-11,14,17H,3-8H2,1-2H3,(H,25,34)(H,26,33)/t14-,17-/m0/s1. The van der Waals surface area contributed by atoms with Gasteiger partial charge < -0.3 is 14.8 Å². The average molecular weight is 542 g/mol. The molecule has 0 aliphatic carbocycles. The normalized spacial score (nSPS) is 18.7. The number of carbonyl (C=O) groups excluding carboxylic acids is 6. The number of nitrogens with one attached hydrogen (secondary N) is 2. The molecule has 3 rings (SSSR count). The lowest BCUT2D eigenvalue weighted by Gasteiger charge is -2.43. The van der Waals surface area contributed by atoms with Crippen molar-refractivity contribution in [3.05, 3.63) is 27.7 Å². The Hall–Kier alpha value is -3.38. The number of aldehydes is 1. The van der Waals surface area contributed by atoms with E-state index >= 15 is 0 Å². The summed E-state index contributed by atoms with van der Waals surface area (Å²) in [6.07, 6.45) is 0.767. The molecule has 2 N–H and O–H groups in total. The summed E-state index contributed by atoms with van der Waals surface area (Å²) in [6.45, 7) is 1.33. The van der Waals surface area contributed by atoms with E-state index in [1.807, 2.05) is 0 Å². The zero-order chi connectivity index (χ0) is 26.6. The lowest BCUT2D eigenvalue weighted by Crippen LogP contribution is -2.64. The number of carbonyl (C=O) groups is 6. The molecule has 2 aliphatic heterocycles. The number of ether oxygens (including phenoxy) is 1. The van der Waals surface area contributed by atoms with Crippen LogP contribution in [-0.4, -0.2) is 83.1 Å². The van der Waals surface area contributed by atoms with Crippen LogP contribution in [0.15, 0.2) is 12.1 Å². The summed E-state index contributed by atoms with van der Waals surface area (Å²) in [6, 6.07) is -0.385. The highest BCUT2D eigenvalue weighted by molar-refractivity contribution is 6.37. The fourth-order valence-electron chi connectivity index (χ4n) is 4.01. The third-order valence-corrected chi connectivity index (χ3v) is 6.23. The molecule has 0 bridgehead atoms. The quantitative estimate of drug-likeness (QED) is 0.472. The molecule has 0 radical (unpaired) electrons. The van der Waals surface area contributed by atoms with E-state index in [2.05, 4.69) is 10.7 Å². The van der Waals surface area contributed by atoms with Crippen LogP contribution >= 0.6 is 23.2 Å². The highest BCUT2D eigenvalue weighted by Gasteiger charge is 2.44. The molecule has 2 atom stereocenters. The van der Waals surface area contributed by atoms with Crippen LogP contribution in [0.1, 0.15) is 43.0 Å². The van der Waals surface area contributed by atoms with Gasteiger partial charge in [-0.15, -0.1) is 0 Å². The topological polar surface area (TPSA) is 145 Å². The zero-order valence-electron chi connectivity index (χ0n) is 19.6. The Morgan fingerprint density at radius 2 is 1.86 bits per heavy atom. The highest BCUT2D eigenvalue weighted by atomic mass is 35.5. The van der Waals surface area contributed by atoms with E-state index in [0.29, 0.717) is 12.7 Å². The number of Topliss-reactive ketones (excluding diaryl/α,β-unsaturated/α-hetero) is 1. The first-order valence-corrected chi connectivity index (χ1v) is 11.8. The summed E-state index contributed by atoms with van der Waals surface area (Å²) in [7, 11) is 1.37. The number of hydrogen-bond donors (Lipinski definition) is 2. The molecule has 194 valence electrons. The van der Waals surface area contributed by atoms with Gasteiger partial charge >= 0.3 is 6.03 Å². The van der Waals surface area contributed by atoms with Crippen molar-refractivity contribution in [2.24, 2.45) is 0 Å². The van der Waals surface area contributed by atoms with Gasteiger partial charge in [-0.25, -0.2) is 19.8 Å². The van der Waals surface area contributed by atoms with Crippen molar-refractivity contribution in [2.75, 3.05) is 20.2 Å². The Balaban J connectivity index is 1.83. The van der Waals surface area contributed by atoms with Crippen molar-refractivity contribution in [1.82, 2.24) is 25.8 Å². The maximum absolute atomic E-state index is 13.4. The number of benzene rings is 1. The number of halogens is 2. The predicted octanol–water partition coefficient (Wildman–Crippen LogP) is 1.34. The molecule has 1 aromatic rings. The molecular weight excluding hydrogens is 517 g/mol. The molecule has 5 amide bonds. The summed E-state index contributed by atoms with van der Waals surface area (Å²) in [5.41, 5.74) is 2.48. The van der Waals surface area contributed by atoms with Crippen molar-refractivity contribution < 1.29 is 33.5 Å². The Bertz CT molecular complexity index is 1080. The molecule has 2 heterocycles. The van der Waals surface area contributed by atoms with Gasteiger partial charge in [-0.1, -0.05) is 23.2 Å². The minimum absolute atomic E-state index is 0.0389. The molecule has 0 aromatic heterocycles. The third-order valence-electron chi connectivity index (χ3n) is 5.67. The Kier molecular flexibility index (Phi) is 8.75. The predicted molar refractivity (Wildman–Crippen MR) is 127 cm³/mol. The summed E-state index contributed by atoms with van der Waals surface area (Å²) >= 11 is 12.2. The summed E-state index contributed by atoms with van der Waals surface area (Å²) in [5, 5.41) is 5.71. The summed E-state index contributed by atoms with van der Waals surface area (Å²) < 4.78 is 5.07. The lowest BCUT2D eigenvalue weighted by atomic mass is 10.1. The molecule has 12 nitrogen and oxygen atoms in total. The second kappa shape index (κ2) is 11.6. The van der Waals surface area contributed by atoms with Crippen molar-refractivity contribution >= 4 is 59.0 Å². The van der Waals surface area contributed by atoms with Crippen LogP contribution in [-0.2, 0) is 19.2 Å². The van der Waals surface area contributed by atoms with E-state index < -0.39 is 35.8 Å². The fraction of sp³-hybridized carbons (Fsp3) is 0.455. The molecule has 36 heavy (non-hydrogen) atoms. The Morgan fingerprint density at radius 3 is 2.44 bits per heavy atom. The smallest absolute Gasteiger partial charge is 0.358 e. The minimum Gasteiger partial charge on any atom is -0.494 e. The van der Waals surface area contributed by atoms with E-state index in [9.17, 15) is 28.8 Å². The van der Waals surface area contributed by atoms with Gasteiger partial charge in [-0.3, -0.25) is 24.6 Å². The maximum Gasteiger partial charge on any atom is 0.358 e. The lowest BCUT2D eigenvalue weighted by molar-refractivity contribution is -0.155. The van der Waals surface area contributed by atoms with Gasteiger partial charge in [0.25, 0.3) is 5.91 Å². The van der Waals surface area contributed by atoms with Crippen molar-refractivity contribution in [3.63, 3.8) is 0 Å². The molecule has 0 spiro atoms. The van der Waals surface area contributed by atoms with Crippen LogP contribution in [0.2, 0.25) is 10.0 Å². The van der Waals surface area contributed by atoms with Gasteiger partial charge in [0.15, 0.2) is 5.75 Å². The van der Waals surface area contributed by atoms with Crippen molar-refractivity contribution in [3.8, 4) is 5.75 Å². The number of nitrogens with zero attached hydrogens (tertiary/aromatic N) is 3. The summed E-state index contributed by atoms with van der Waals surface area (Å²) in [4.78, 5) is 74.8. The number of methoxy groups -OCH3 is 1. The number of amides is 5. The van der Waals surface area contributed by atoms with Crippen LogP contribution in [0.4, 0.5) is 4.79 Å². The molecule has 0 unspecified atom stereocenters. The van der Waals surface area contributed by atoms with Gasteiger partial charge in [0.05, 0.1) is 29.7 Å². The molecular formula is C22H25Cl2N5O7. The largest absolute Gasteiger partial charge is 0.494 e. The molecule has 0 saturated carbocycles. The molecule has 2 fully saturated rings. The fourth-order valence-corrected chi connectivity index (χ4v) is 4.65. The zero-order valence-corrected chi connectivity index (χ0v) is 21.1. The highest BCUT2D eigenvalue weighted by Crippen LogP contribution is 2.34. The van der Waals surface area contributed by atoms with Crippen LogP contribution in [0.25, 0.3) is 0 Å². The van der Waals surface area contributed by atoms with Crippen LogP contribution in [0, 0.1) is 0 Å². The van der Waals surface area contributed by atoms with Crippen molar-refractivity contribution in [1.29, 1.82) is 0 Å². The first-order chi connectivity index (χ1) is 17.1. The number of ketones is 1. The second-order valence-corrected chi connectivity index (χ2v) is 9.09. The van der Waals surface area contributed by atoms with Crippen LogP contribution in [0.5, 0.6) is 5.75 Å². The Morgan fingerprint density at radius 1 is 1.19 bits per heavy atom. The molecule has 2 aliphatic rings. The number of hydrazine groups is 2. The van der Waals surface area contributed by atoms with Crippen molar-refractivity contribution in [2.45, 2.75) is 44.7 Å². The van der Waals surface area contributed by atoms with Gasteiger partial charge in [-0.05, 0) is 31.9 Å². The number of fused-ring (bicyclic) bond motifs is 1. The first-order valence-electron chi connectivity index (χ1n) is 11.1. The van der Waals surface area contributed by atoms with E-state index in [1.54, 1.807) is 0 Å². The van der Waals surface area contributed by atoms with E-state index in [1.165, 1.54) is 31.2 Å². The van der Waals surface area contributed by atoms with Gasteiger partial charge in [-0.2, -0.15) is 0 Å². The van der Waals surface area contributed by atoms with E-state index in [-0.39, 0.29) is 59.5 Å². The number of hydrogen-bond acceptors (Lipinski definition) is 7. The average Bonchev–Trinajstić information content (AvgIpc) is 2.95. The van der Waals surface area contributed by atoms with Gasteiger partial charge in [0, 0.05) is 24.9 Å². The Labute approximate surface area is 216 Å². The van der Waals surface area contributed by atoms with Crippen LogP contribution < -0.4 is 15.5 Å². The number of rotatable bonds is 8. The van der Waals surface area contributed by atoms with Gasteiger partial charge in [0.2, 0.25) is 11.8 Å². The minimum atomic E-state index is -1.13. The summed E-state index contributed by atoms with van der Waals surface area (Å²) in [5.74, 6) is -1.95. The van der Waals surface area contributed by atoms with Gasteiger partial charge in [0.1, 0.15) is 18.1 Å². The number of urea groups is 1. The third kappa shape index (κ3) is 5.88. The van der Waals surface area contributed by atoms with E-state index in [4.69, 9.17) is 27.9 Å². The monoisotopic (exact) mass is 541 g/mol. The van der Waals surface area contributed by atoms with E-state index in [0.717, 1.165) is 10.0 Å². The molecule has 2 saturated heterocycles. The SMILES string of the molecule is COc1c(Cl)cc(C(=O)NN2CCC(=O)N3CCC[C@@H](C(=O)N[C@H](C=O)CC(C)=O)N3C2=O)cc1Cl. The maximum atomic E-state index is 13.4. The second-order valence-electron chi connectivity index (χ2n) is 8.28. The molecule has 14 heteroatoms. The molecule has 1 aromatic carbocycles. The first kappa shape index (κ1) is 27.2. The van der Waals surface area contributed by atoms with Crippen LogP contribution in [0.3, 0.4) is 0 Å².